The summed E-state index contributed by atoms with van der Waals surface area (Å²) in [5.74, 6) is 1.59. The molecule has 0 atom stereocenters. The second-order valence-corrected chi connectivity index (χ2v) is 7.02. The average molecular weight is 332 g/mol. The zero-order valence-corrected chi connectivity index (χ0v) is 14.3. The molecule has 0 bridgehead atoms. The first-order valence-electron chi connectivity index (χ1n) is 7.82. The molecule has 3 aromatic rings. The molecule has 0 saturated heterocycles. The van der Waals surface area contributed by atoms with Gasteiger partial charge in [0.2, 0.25) is 5.78 Å². The van der Waals surface area contributed by atoms with Crippen molar-refractivity contribution in [3.63, 3.8) is 0 Å². The first-order valence-corrected chi connectivity index (χ1v) is 8.64. The molecule has 2 heterocycles. The lowest BCUT2D eigenvalue weighted by Crippen LogP contribution is -1.93. The standard InChI is InChI=1S/C21H16O2S/c1-13-7-8-15(11-14(13)2)18-10-9-16(23-18)12-20-21(22)17-5-3-4-6-19(17)24-20/h3-12H,1-2H3. The number of ketones is 1. The van der Waals surface area contributed by atoms with E-state index in [0.29, 0.717) is 10.7 Å². The summed E-state index contributed by atoms with van der Waals surface area (Å²) >= 11 is 1.50. The molecule has 0 spiro atoms. The highest BCUT2D eigenvalue weighted by Gasteiger charge is 2.25. The fourth-order valence-corrected chi connectivity index (χ4v) is 3.78. The lowest BCUT2D eigenvalue weighted by molar-refractivity contribution is 0.104. The first kappa shape index (κ1) is 15.0. The lowest BCUT2D eigenvalue weighted by Gasteiger charge is -2.02. The van der Waals surface area contributed by atoms with Gasteiger partial charge in [-0.2, -0.15) is 0 Å². The molecule has 0 amide bonds. The summed E-state index contributed by atoms with van der Waals surface area (Å²) in [5.41, 5.74) is 4.32. The Kier molecular flexibility index (Phi) is 3.66. The second-order valence-electron chi connectivity index (χ2n) is 5.94. The minimum atomic E-state index is 0.0692. The molecule has 0 saturated carbocycles. The van der Waals surface area contributed by atoms with E-state index in [1.54, 1.807) is 0 Å². The maximum absolute atomic E-state index is 12.4. The predicted molar refractivity (Wildman–Crippen MR) is 98.2 cm³/mol. The number of thioether (sulfide) groups is 1. The van der Waals surface area contributed by atoms with Gasteiger partial charge in [0, 0.05) is 16.0 Å². The van der Waals surface area contributed by atoms with E-state index in [0.717, 1.165) is 21.8 Å². The van der Waals surface area contributed by atoms with Crippen LogP contribution in [0.25, 0.3) is 17.4 Å². The predicted octanol–water partition coefficient (Wildman–Crippen LogP) is 5.89. The van der Waals surface area contributed by atoms with Crippen LogP contribution in [0.2, 0.25) is 0 Å². The van der Waals surface area contributed by atoms with Gasteiger partial charge in [-0.15, -0.1) is 0 Å². The van der Waals surface area contributed by atoms with Gasteiger partial charge in [0.05, 0.1) is 4.91 Å². The molecule has 24 heavy (non-hydrogen) atoms. The number of hydrogen-bond donors (Lipinski definition) is 0. The van der Waals surface area contributed by atoms with Crippen molar-refractivity contribution in [1.29, 1.82) is 0 Å². The number of carbonyl (C=O) groups is 1. The van der Waals surface area contributed by atoms with Crippen molar-refractivity contribution in [1.82, 2.24) is 0 Å². The third-order valence-corrected chi connectivity index (χ3v) is 5.37. The zero-order valence-electron chi connectivity index (χ0n) is 13.5. The molecule has 0 unspecified atom stereocenters. The Morgan fingerprint density at radius 1 is 0.958 bits per heavy atom. The normalized spacial score (nSPS) is 15.1. The van der Waals surface area contributed by atoms with Crippen molar-refractivity contribution in [2.24, 2.45) is 0 Å². The number of fused-ring (bicyclic) bond motifs is 1. The fourth-order valence-electron chi connectivity index (χ4n) is 2.75. The number of rotatable bonds is 2. The second kappa shape index (κ2) is 5.84. The number of hydrogen-bond acceptors (Lipinski definition) is 3. The monoisotopic (exact) mass is 332 g/mol. The first-order chi connectivity index (χ1) is 11.6. The Bertz CT molecular complexity index is 979. The lowest BCUT2D eigenvalue weighted by atomic mass is 10.1. The van der Waals surface area contributed by atoms with Gasteiger partial charge in [-0.05, 0) is 61.4 Å². The summed E-state index contributed by atoms with van der Waals surface area (Å²) in [6, 6.07) is 17.8. The highest BCUT2D eigenvalue weighted by molar-refractivity contribution is 8.04. The van der Waals surface area contributed by atoms with Gasteiger partial charge in [-0.25, -0.2) is 0 Å². The van der Waals surface area contributed by atoms with E-state index < -0.39 is 0 Å². The summed E-state index contributed by atoms with van der Waals surface area (Å²) in [6.07, 6.45) is 1.83. The van der Waals surface area contributed by atoms with Crippen molar-refractivity contribution in [3.8, 4) is 11.3 Å². The van der Waals surface area contributed by atoms with E-state index in [-0.39, 0.29) is 5.78 Å². The molecule has 1 aliphatic heterocycles. The Labute approximate surface area is 145 Å². The SMILES string of the molecule is Cc1ccc(-c2ccc(C=C3Sc4ccccc4C3=O)o2)cc1C. The quantitative estimate of drug-likeness (QED) is 0.548. The van der Waals surface area contributed by atoms with Gasteiger partial charge in [0.25, 0.3) is 0 Å². The molecule has 0 aliphatic carbocycles. The van der Waals surface area contributed by atoms with Crippen molar-refractivity contribution >= 4 is 23.6 Å². The molecule has 0 radical (unpaired) electrons. The average Bonchev–Trinajstić information content (AvgIpc) is 3.16. The molecule has 0 fully saturated rings. The minimum Gasteiger partial charge on any atom is -0.457 e. The van der Waals surface area contributed by atoms with Crippen molar-refractivity contribution in [3.05, 3.63) is 82.0 Å². The summed E-state index contributed by atoms with van der Waals surface area (Å²) in [5, 5.41) is 0. The number of benzene rings is 2. The van der Waals surface area contributed by atoms with Crippen LogP contribution in [0, 0.1) is 13.8 Å². The molecule has 0 N–H and O–H groups in total. The third kappa shape index (κ3) is 2.61. The Hall–Kier alpha value is -2.52. The van der Waals surface area contributed by atoms with Crippen molar-refractivity contribution in [2.75, 3.05) is 0 Å². The highest BCUT2D eigenvalue weighted by Crippen LogP contribution is 2.40. The molecule has 2 aromatic carbocycles. The van der Waals surface area contributed by atoms with Gasteiger partial charge in [-0.3, -0.25) is 4.79 Å². The van der Waals surface area contributed by atoms with E-state index in [4.69, 9.17) is 4.42 Å². The molecular formula is C21H16O2S. The van der Waals surface area contributed by atoms with Crippen LogP contribution in [-0.2, 0) is 0 Å². The maximum atomic E-state index is 12.4. The van der Waals surface area contributed by atoms with E-state index in [2.05, 4.69) is 32.0 Å². The number of aryl methyl sites for hydroxylation is 2. The van der Waals surface area contributed by atoms with Crippen LogP contribution < -0.4 is 0 Å². The summed E-state index contributed by atoms with van der Waals surface area (Å²) in [4.78, 5) is 14.1. The topological polar surface area (TPSA) is 30.2 Å². The van der Waals surface area contributed by atoms with Gasteiger partial charge in [-0.1, -0.05) is 36.0 Å². The molecule has 1 aromatic heterocycles. The van der Waals surface area contributed by atoms with E-state index in [1.807, 2.05) is 42.5 Å². The van der Waals surface area contributed by atoms with Gasteiger partial charge in [0.15, 0.2) is 0 Å². The molecule has 4 rings (SSSR count). The fraction of sp³-hybridized carbons (Fsp3) is 0.0952. The number of furan rings is 1. The van der Waals surface area contributed by atoms with Gasteiger partial charge >= 0.3 is 0 Å². The van der Waals surface area contributed by atoms with E-state index >= 15 is 0 Å². The molecule has 118 valence electrons. The molecular weight excluding hydrogens is 316 g/mol. The largest absolute Gasteiger partial charge is 0.457 e. The Morgan fingerprint density at radius 3 is 2.58 bits per heavy atom. The number of carbonyl (C=O) groups excluding carboxylic acids is 1. The van der Waals surface area contributed by atoms with Crippen LogP contribution in [0.4, 0.5) is 0 Å². The Balaban J connectivity index is 1.64. The number of allylic oxidation sites excluding steroid dienone is 1. The third-order valence-electron chi connectivity index (χ3n) is 4.27. The van der Waals surface area contributed by atoms with E-state index in [1.165, 1.54) is 22.9 Å². The highest BCUT2D eigenvalue weighted by atomic mass is 32.2. The molecule has 2 nitrogen and oxygen atoms in total. The molecule has 1 aliphatic rings. The summed E-state index contributed by atoms with van der Waals surface area (Å²) in [7, 11) is 0. The van der Waals surface area contributed by atoms with Crippen LogP contribution in [0.5, 0.6) is 0 Å². The summed E-state index contributed by atoms with van der Waals surface area (Å²) < 4.78 is 5.93. The molecule has 3 heteroatoms. The maximum Gasteiger partial charge on any atom is 0.200 e. The van der Waals surface area contributed by atoms with Crippen LogP contribution in [0.15, 0.2) is 68.8 Å². The van der Waals surface area contributed by atoms with E-state index in [9.17, 15) is 4.79 Å². The number of Topliss-reactive ketones (excluding diaryl/α,β-unsaturated/α-hetero) is 1. The van der Waals surface area contributed by atoms with Crippen molar-refractivity contribution in [2.45, 2.75) is 18.7 Å². The smallest absolute Gasteiger partial charge is 0.200 e. The van der Waals surface area contributed by atoms with Crippen LogP contribution in [-0.4, -0.2) is 5.78 Å². The van der Waals surface area contributed by atoms with Crippen molar-refractivity contribution < 1.29 is 9.21 Å². The van der Waals surface area contributed by atoms with Gasteiger partial charge in [0.1, 0.15) is 11.5 Å². The zero-order chi connectivity index (χ0) is 16.7. The minimum absolute atomic E-state index is 0.0692. The Morgan fingerprint density at radius 2 is 1.79 bits per heavy atom. The van der Waals surface area contributed by atoms with Crippen LogP contribution in [0.3, 0.4) is 0 Å². The van der Waals surface area contributed by atoms with Crippen LogP contribution in [0.1, 0.15) is 27.2 Å². The summed E-state index contributed by atoms with van der Waals surface area (Å²) in [6.45, 7) is 4.19. The van der Waals surface area contributed by atoms with Gasteiger partial charge < -0.3 is 4.42 Å². The van der Waals surface area contributed by atoms with Crippen LogP contribution >= 0.6 is 11.8 Å².